The van der Waals surface area contributed by atoms with Crippen LogP contribution in [0.25, 0.3) is 0 Å². The maximum atomic E-state index is 12.0. The first-order valence-electron chi connectivity index (χ1n) is 6.78. The molecule has 0 saturated carbocycles. The van der Waals surface area contributed by atoms with Gasteiger partial charge in [-0.15, -0.1) is 24.0 Å². The first-order chi connectivity index (χ1) is 9.74. The Morgan fingerprint density at radius 2 is 1.73 bits per heavy atom. The minimum Gasteiger partial charge on any atom is -0.355 e. The second-order valence-corrected chi connectivity index (χ2v) is 7.35. The van der Waals surface area contributed by atoms with Gasteiger partial charge >= 0.3 is 0 Å². The number of halogens is 1. The number of sulfonamides is 1. The van der Waals surface area contributed by atoms with E-state index in [1.165, 1.54) is 0 Å². The van der Waals surface area contributed by atoms with E-state index in [-0.39, 0.29) is 41.0 Å². The molecule has 0 heterocycles. The molecule has 0 amide bonds. The van der Waals surface area contributed by atoms with E-state index < -0.39 is 10.0 Å². The Morgan fingerprint density at radius 1 is 1.14 bits per heavy atom. The Morgan fingerprint density at radius 3 is 2.23 bits per heavy atom. The van der Waals surface area contributed by atoms with Crippen LogP contribution in [0.15, 0.2) is 40.2 Å². The largest absolute Gasteiger partial charge is 0.355 e. The molecular formula is C14H25IN4O2S. The summed E-state index contributed by atoms with van der Waals surface area (Å²) in [4.78, 5) is 4.35. The minimum absolute atomic E-state index is 0. The Kier molecular flexibility index (Phi) is 8.94. The first-order valence-corrected chi connectivity index (χ1v) is 8.26. The van der Waals surface area contributed by atoms with E-state index in [4.69, 9.17) is 0 Å². The Bertz CT molecular complexity index is 568. The van der Waals surface area contributed by atoms with Crippen molar-refractivity contribution >= 4 is 40.0 Å². The van der Waals surface area contributed by atoms with E-state index in [0.29, 0.717) is 12.5 Å². The van der Waals surface area contributed by atoms with Crippen molar-refractivity contribution in [1.29, 1.82) is 0 Å². The van der Waals surface area contributed by atoms with E-state index >= 15 is 0 Å². The molecule has 8 heteroatoms. The lowest BCUT2D eigenvalue weighted by molar-refractivity contribution is 0.501. The Hall–Kier alpha value is -0.870. The van der Waals surface area contributed by atoms with Crippen LogP contribution in [0.5, 0.6) is 0 Å². The van der Waals surface area contributed by atoms with Gasteiger partial charge in [0, 0.05) is 25.7 Å². The van der Waals surface area contributed by atoms with E-state index in [9.17, 15) is 8.42 Å². The van der Waals surface area contributed by atoms with Crippen LogP contribution in [0.2, 0.25) is 0 Å². The number of guanidine groups is 1. The summed E-state index contributed by atoms with van der Waals surface area (Å²) < 4.78 is 26.5. The highest BCUT2D eigenvalue weighted by atomic mass is 127. The zero-order valence-electron chi connectivity index (χ0n) is 13.4. The van der Waals surface area contributed by atoms with Crippen molar-refractivity contribution < 1.29 is 8.42 Å². The number of nitrogens with one attached hydrogen (secondary N) is 3. The van der Waals surface area contributed by atoms with Crippen molar-refractivity contribution in [1.82, 2.24) is 15.4 Å². The molecule has 0 bridgehead atoms. The molecule has 0 aliphatic rings. The molecule has 0 saturated heterocycles. The summed E-state index contributed by atoms with van der Waals surface area (Å²) in [5.41, 5.74) is -0.106. The van der Waals surface area contributed by atoms with Gasteiger partial charge < -0.3 is 10.6 Å². The summed E-state index contributed by atoms with van der Waals surface area (Å²) in [6.07, 6.45) is 0. The fourth-order valence-electron chi connectivity index (χ4n) is 1.58. The molecule has 0 atom stereocenters. The second-order valence-electron chi connectivity index (χ2n) is 5.58. The molecule has 0 unspecified atom stereocenters. The second kappa shape index (κ2) is 9.31. The van der Waals surface area contributed by atoms with Gasteiger partial charge in [0.15, 0.2) is 5.96 Å². The average Bonchev–Trinajstić information content (AvgIpc) is 2.42. The summed E-state index contributed by atoms with van der Waals surface area (Å²) in [5, 5.41) is 6.26. The van der Waals surface area contributed by atoms with Gasteiger partial charge in [0.25, 0.3) is 0 Å². The van der Waals surface area contributed by atoms with E-state index in [1.807, 2.05) is 20.8 Å². The molecule has 0 fully saturated rings. The molecule has 0 aliphatic carbocycles. The van der Waals surface area contributed by atoms with Gasteiger partial charge in [-0.3, -0.25) is 4.99 Å². The zero-order valence-corrected chi connectivity index (χ0v) is 16.5. The van der Waals surface area contributed by atoms with Crippen LogP contribution in [0.3, 0.4) is 0 Å². The van der Waals surface area contributed by atoms with Crippen LogP contribution < -0.4 is 15.4 Å². The predicted molar refractivity (Wildman–Crippen MR) is 101 cm³/mol. The number of benzene rings is 1. The molecule has 126 valence electrons. The molecule has 1 aromatic carbocycles. The fraction of sp³-hybridized carbons (Fsp3) is 0.500. The first kappa shape index (κ1) is 21.1. The lowest BCUT2D eigenvalue weighted by Crippen LogP contribution is -2.49. The summed E-state index contributed by atoms with van der Waals surface area (Å²) in [6.45, 7) is 6.80. The normalized spacial score (nSPS) is 12.5. The van der Waals surface area contributed by atoms with Crippen LogP contribution in [0.4, 0.5) is 0 Å². The van der Waals surface area contributed by atoms with E-state index in [0.717, 1.165) is 0 Å². The van der Waals surface area contributed by atoms with Gasteiger partial charge in [0.05, 0.1) is 4.90 Å². The zero-order chi connectivity index (χ0) is 15.9. The van der Waals surface area contributed by atoms with Crippen molar-refractivity contribution in [2.45, 2.75) is 31.2 Å². The van der Waals surface area contributed by atoms with Crippen molar-refractivity contribution in [3.05, 3.63) is 30.3 Å². The quantitative estimate of drug-likeness (QED) is 0.281. The molecule has 0 radical (unpaired) electrons. The molecule has 0 aliphatic heterocycles. The SMILES string of the molecule is CN=C(NCCNS(=O)(=O)c1ccccc1)NC(C)(C)C.I. The van der Waals surface area contributed by atoms with Gasteiger partial charge in [-0.25, -0.2) is 13.1 Å². The standard InChI is InChI=1S/C14H24N4O2S.HI/c1-14(2,3)18-13(15-4)16-10-11-17-21(19,20)12-8-6-5-7-9-12;/h5-9,17H,10-11H2,1-4H3,(H2,15,16,18);1H. The van der Waals surface area contributed by atoms with Gasteiger partial charge in [0.1, 0.15) is 0 Å². The molecular weight excluding hydrogens is 415 g/mol. The summed E-state index contributed by atoms with van der Waals surface area (Å²) >= 11 is 0. The summed E-state index contributed by atoms with van der Waals surface area (Å²) in [7, 11) is -1.77. The topological polar surface area (TPSA) is 82.6 Å². The van der Waals surface area contributed by atoms with Crippen molar-refractivity contribution in [3.63, 3.8) is 0 Å². The lowest BCUT2D eigenvalue weighted by atomic mass is 10.1. The smallest absolute Gasteiger partial charge is 0.240 e. The third-order valence-corrected chi connectivity index (χ3v) is 3.96. The number of aliphatic imine (C=N–C) groups is 1. The van der Waals surface area contributed by atoms with Crippen LogP contribution in [-0.2, 0) is 10.0 Å². The van der Waals surface area contributed by atoms with Crippen molar-refractivity contribution in [2.75, 3.05) is 20.1 Å². The number of nitrogens with zero attached hydrogens (tertiary/aromatic N) is 1. The summed E-state index contributed by atoms with van der Waals surface area (Å²) in [5.74, 6) is 0.640. The van der Waals surface area contributed by atoms with E-state index in [1.54, 1.807) is 37.4 Å². The van der Waals surface area contributed by atoms with Gasteiger partial charge in [-0.1, -0.05) is 18.2 Å². The van der Waals surface area contributed by atoms with Crippen LogP contribution in [0, 0.1) is 0 Å². The maximum absolute atomic E-state index is 12.0. The minimum atomic E-state index is -3.45. The predicted octanol–water partition coefficient (Wildman–Crippen LogP) is 1.55. The van der Waals surface area contributed by atoms with Crippen molar-refractivity contribution in [3.8, 4) is 0 Å². The number of rotatable bonds is 5. The molecule has 1 rings (SSSR count). The number of hydrogen-bond acceptors (Lipinski definition) is 3. The maximum Gasteiger partial charge on any atom is 0.240 e. The highest BCUT2D eigenvalue weighted by molar-refractivity contribution is 14.0. The molecule has 0 spiro atoms. The molecule has 6 nitrogen and oxygen atoms in total. The fourth-order valence-corrected chi connectivity index (χ4v) is 2.64. The molecule has 1 aromatic rings. The number of hydrogen-bond donors (Lipinski definition) is 3. The monoisotopic (exact) mass is 440 g/mol. The third kappa shape index (κ3) is 7.95. The van der Waals surface area contributed by atoms with Gasteiger partial charge in [-0.2, -0.15) is 0 Å². The van der Waals surface area contributed by atoms with Crippen LogP contribution in [-0.4, -0.2) is 40.1 Å². The van der Waals surface area contributed by atoms with Gasteiger partial charge in [0.2, 0.25) is 10.0 Å². The highest BCUT2D eigenvalue weighted by Crippen LogP contribution is 2.06. The Balaban J connectivity index is 0.00000441. The van der Waals surface area contributed by atoms with Crippen LogP contribution in [0.1, 0.15) is 20.8 Å². The summed E-state index contributed by atoms with van der Waals surface area (Å²) in [6, 6.07) is 8.30. The highest BCUT2D eigenvalue weighted by Gasteiger charge is 2.13. The van der Waals surface area contributed by atoms with Crippen LogP contribution >= 0.6 is 24.0 Å². The third-order valence-electron chi connectivity index (χ3n) is 2.48. The molecule has 0 aromatic heterocycles. The average molecular weight is 440 g/mol. The molecule has 22 heavy (non-hydrogen) atoms. The van der Waals surface area contributed by atoms with Crippen molar-refractivity contribution in [2.24, 2.45) is 4.99 Å². The Labute approximate surface area is 150 Å². The lowest BCUT2D eigenvalue weighted by Gasteiger charge is -2.23. The molecule has 3 N–H and O–H groups in total. The van der Waals surface area contributed by atoms with E-state index in [2.05, 4.69) is 20.3 Å². The van der Waals surface area contributed by atoms with Gasteiger partial charge in [-0.05, 0) is 32.9 Å².